The average Bonchev–Trinajstić information content (AvgIpc) is 2.90. The van der Waals surface area contributed by atoms with Crippen LogP contribution in [0.2, 0.25) is 0 Å². The van der Waals surface area contributed by atoms with Gasteiger partial charge in [-0.1, -0.05) is 5.16 Å². The smallest absolute Gasteiger partial charge is 0.177 e. The van der Waals surface area contributed by atoms with Crippen molar-refractivity contribution in [2.24, 2.45) is 5.92 Å². The fraction of sp³-hybridized carbons (Fsp3) is 0.588. The number of ether oxygens (including phenoxy) is 1. The highest BCUT2D eigenvalue weighted by Crippen LogP contribution is 2.32. The van der Waals surface area contributed by atoms with Crippen LogP contribution in [0.4, 0.5) is 5.82 Å². The molecule has 2 bridgehead atoms. The van der Waals surface area contributed by atoms with E-state index in [-0.39, 0.29) is 6.10 Å². The summed E-state index contributed by atoms with van der Waals surface area (Å²) in [5.74, 6) is 2.46. The zero-order valence-electron chi connectivity index (χ0n) is 13.2. The molecule has 1 aromatic carbocycles. The van der Waals surface area contributed by atoms with E-state index in [4.69, 9.17) is 9.26 Å². The van der Waals surface area contributed by atoms with Gasteiger partial charge in [-0.05, 0) is 57.8 Å². The molecule has 2 aromatic rings. The summed E-state index contributed by atoms with van der Waals surface area (Å²) in [6.07, 6.45) is 2.74. The van der Waals surface area contributed by atoms with Crippen molar-refractivity contribution in [2.75, 3.05) is 25.0 Å². The average molecular weight is 301 g/mol. The second-order valence-electron chi connectivity index (χ2n) is 6.74. The lowest BCUT2D eigenvalue weighted by Gasteiger charge is -2.44. The predicted molar refractivity (Wildman–Crippen MR) is 86.3 cm³/mol. The van der Waals surface area contributed by atoms with Crippen LogP contribution >= 0.6 is 0 Å². The second kappa shape index (κ2) is 5.47. The summed E-state index contributed by atoms with van der Waals surface area (Å²) in [6.45, 7) is 7.65. The van der Waals surface area contributed by atoms with Crippen molar-refractivity contribution in [1.29, 1.82) is 0 Å². The molecule has 1 atom stereocenters. The van der Waals surface area contributed by atoms with Crippen molar-refractivity contribution in [2.45, 2.75) is 38.8 Å². The lowest BCUT2D eigenvalue weighted by molar-refractivity contribution is 0.0973. The zero-order chi connectivity index (χ0) is 15.1. The maximum absolute atomic E-state index is 5.71. The van der Waals surface area contributed by atoms with E-state index < -0.39 is 0 Å². The Morgan fingerprint density at radius 2 is 2.14 bits per heavy atom. The normalized spacial score (nSPS) is 27.5. The predicted octanol–water partition coefficient (Wildman–Crippen LogP) is 3.12. The van der Waals surface area contributed by atoms with Gasteiger partial charge >= 0.3 is 0 Å². The van der Waals surface area contributed by atoms with Crippen LogP contribution in [-0.4, -0.2) is 41.8 Å². The molecule has 0 saturated carbocycles. The van der Waals surface area contributed by atoms with Gasteiger partial charge in [-0.15, -0.1) is 0 Å². The quantitative estimate of drug-likeness (QED) is 0.940. The number of piperidine rings is 3. The van der Waals surface area contributed by atoms with Crippen LogP contribution in [0.15, 0.2) is 22.7 Å². The number of hydrogen-bond donors (Lipinski definition) is 1. The fourth-order valence-electron chi connectivity index (χ4n) is 3.67. The van der Waals surface area contributed by atoms with Crippen molar-refractivity contribution < 1.29 is 9.26 Å². The van der Waals surface area contributed by atoms with Gasteiger partial charge in [-0.25, -0.2) is 0 Å². The van der Waals surface area contributed by atoms with Gasteiger partial charge in [0.1, 0.15) is 5.75 Å². The molecule has 0 amide bonds. The van der Waals surface area contributed by atoms with E-state index in [9.17, 15) is 0 Å². The highest BCUT2D eigenvalue weighted by Gasteiger charge is 2.34. The first-order valence-electron chi connectivity index (χ1n) is 8.24. The zero-order valence-corrected chi connectivity index (χ0v) is 13.2. The summed E-state index contributed by atoms with van der Waals surface area (Å²) in [6, 6.07) is 6.43. The van der Waals surface area contributed by atoms with Gasteiger partial charge in [0.15, 0.2) is 11.4 Å². The van der Waals surface area contributed by atoms with E-state index >= 15 is 0 Å². The van der Waals surface area contributed by atoms with E-state index in [1.807, 2.05) is 32.0 Å². The molecule has 5 nitrogen and oxygen atoms in total. The summed E-state index contributed by atoms with van der Waals surface area (Å²) in [5, 5.41) is 8.88. The van der Waals surface area contributed by atoms with Crippen LogP contribution in [0.1, 0.15) is 26.7 Å². The number of rotatable bonds is 4. The van der Waals surface area contributed by atoms with Crippen LogP contribution in [0.5, 0.6) is 5.75 Å². The Kier molecular flexibility index (Phi) is 3.45. The fourth-order valence-corrected chi connectivity index (χ4v) is 3.67. The lowest BCUT2D eigenvalue weighted by atomic mass is 9.84. The summed E-state index contributed by atoms with van der Waals surface area (Å²) in [7, 11) is 0. The molecular weight excluding hydrogens is 278 g/mol. The minimum Gasteiger partial charge on any atom is -0.491 e. The van der Waals surface area contributed by atoms with Crippen LogP contribution in [-0.2, 0) is 0 Å². The summed E-state index contributed by atoms with van der Waals surface area (Å²) in [5.41, 5.74) is 0.780. The first-order chi connectivity index (χ1) is 10.7. The molecule has 1 aromatic heterocycles. The Hall–Kier alpha value is -1.75. The number of anilines is 1. The van der Waals surface area contributed by atoms with E-state index in [2.05, 4.69) is 15.4 Å². The summed E-state index contributed by atoms with van der Waals surface area (Å²) >= 11 is 0. The maximum atomic E-state index is 5.71. The van der Waals surface area contributed by atoms with Gasteiger partial charge in [0.2, 0.25) is 0 Å². The molecule has 1 unspecified atom stereocenters. The molecule has 5 rings (SSSR count). The van der Waals surface area contributed by atoms with E-state index in [0.29, 0.717) is 6.04 Å². The van der Waals surface area contributed by atoms with Gasteiger partial charge in [-0.3, -0.25) is 0 Å². The summed E-state index contributed by atoms with van der Waals surface area (Å²) in [4.78, 5) is 2.54. The Labute approximate surface area is 130 Å². The van der Waals surface area contributed by atoms with Crippen molar-refractivity contribution in [3.05, 3.63) is 18.2 Å². The van der Waals surface area contributed by atoms with Gasteiger partial charge in [-0.2, -0.15) is 0 Å². The molecule has 118 valence electrons. The van der Waals surface area contributed by atoms with Crippen molar-refractivity contribution in [3.63, 3.8) is 0 Å². The molecule has 5 heteroatoms. The van der Waals surface area contributed by atoms with Gasteiger partial charge in [0.05, 0.1) is 11.5 Å². The second-order valence-corrected chi connectivity index (χ2v) is 6.74. The summed E-state index contributed by atoms with van der Waals surface area (Å²) < 4.78 is 11.2. The minimum absolute atomic E-state index is 0.157. The monoisotopic (exact) mass is 301 g/mol. The minimum atomic E-state index is 0.157. The molecule has 0 aliphatic carbocycles. The van der Waals surface area contributed by atoms with E-state index in [1.54, 1.807) is 0 Å². The Bertz CT molecular complexity index is 659. The first-order valence-corrected chi connectivity index (χ1v) is 8.24. The van der Waals surface area contributed by atoms with Crippen LogP contribution < -0.4 is 10.1 Å². The van der Waals surface area contributed by atoms with Crippen LogP contribution in [0.3, 0.4) is 0 Å². The molecule has 3 aliphatic heterocycles. The van der Waals surface area contributed by atoms with Crippen LogP contribution in [0.25, 0.3) is 11.0 Å². The number of nitrogens with one attached hydrogen (secondary N) is 1. The molecular formula is C17H23N3O2. The number of nitrogens with zero attached hydrogens (tertiary/aromatic N) is 2. The Morgan fingerprint density at radius 1 is 1.32 bits per heavy atom. The van der Waals surface area contributed by atoms with Crippen molar-refractivity contribution in [1.82, 2.24) is 10.1 Å². The Morgan fingerprint density at radius 3 is 2.82 bits per heavy atom. The SMILES string of the molecule is CC(C)Oc1ccc2c(NC3CN4CCC3CC4)noc2c1. The molecule has 0 spiro atoms. The molecule has 3 saturated heterocycles. The molecule has 4 heterocycles. The Balaban J connectivity index is 1.55. The van der Waals surface area contributed by atoms with Gasteiger partial charge in [0.25, 0.3) is 0 Å². The highest BCUT2D eigenvalue weighted by atomic mass is 16.5. The molecule has 1 N–H and O–H groups in total. The largest absolute Gasteiger partial charge is 0.491 e. The number of hydrogen-bond acceptors (Lipinski definition) is 5. The molecule has 3 fully saturated rings. The van der Waals surface area contributed by atoms with Crippen molar-refractivity contribution in [3.8, 4) is 5.75 Å². The lowest BCUT2D eigenvalue weighted by Crippen LogP contribution is -2.53. The van der Waals surface area contributed by atoms with E-state index in [1.165, 1.54) is 25.9 Å². The third-order valence-electron chi connectivity index (χ3n) is 4.79. The van der Waals surface area contributed by atoms with E-state index in [0.717, 1.165) is 35.0 Å². The highest BCUT2D eigenvalue weighted by molar-refractivity contribution is 5.89. The topological polar surface area (TPSA) is 50.5 Å². The standard InChI is InChI=1S/C17H23N3O2/c1-11(2)21-13-3-4-14-16(9-13)22-19-17(14)18-15-10-20-7-5-12(15)6-8-20/h3-4,9,11-12,15H,5-8,10H2,1-2H3,(H,18,19). The number of aromatic nitrogens is 1. The number of fused-ring (bicyclic) bond motifs is 4. The number of benzene rings is 1. The first kappa shape index (κ1) is 13.9. The molecule has 22 heavy (non-hydrogen) atoms. The molecule has 3 aliphatic rings. The van der Waals surface area contributed by atoms with Gasteiger partial charge in [0, 0.05) is 18.7 Å². The molecule has 0 radical (unpaired) electrons. The van der Waals surface area contributed by atoms with Crippen molar-refractivity contribution >= 4 is 16.8 Å². The third kappa shape index (κ3) is 2.54. The third-order valence-corrected chi connectivity index (χ3v) is 4.79. The van der Waals surface area contributed by atoms with Crippen LogP contribution in [0, 0.1) is 5.92 Å². The van der Waals surface area contributed by atoms with Gasteiger partial charge < -0.3 is 19.5 Å². The maximum Gasteiger partial charge on any atom is 0.177 e.